The highest BCUT2D eigenvalue weighted by molar-refractivity contribution is 5.96. The molecule has 0 saturated carbocycles. The molecule has 0 aliphatic rings. The highest BCUT2D eigenvalue weighted by Gasteiger charge is 2.20. The number of nitrogens with two attached hydrogens (primary N) is 1. The maximum Gasteiger partial charge on any atom is 0.341 e. The van der Waals surface area contributed by atoms with Gasteiger partial charge in [0.15, 0.2) is 6.10 Å². The van der Waals surface area contributed by atoms with Gasteiger partial charge < -0.3 is 15.8 Å². The summed E-state index contributed by atoms with van der Waals surface area (Å²) >= 11 is 0. The van der Waals surface area contributed by atoms with Crippen molar-refractivity contribution in [1.29, 1.82) is 0 Å². The summed E-state index contributed by atoms with van der Waals surface area (Å²) in [5.41, 5.74) is 5.53. The molecule has 0 aliphatic carbocycles. The maximum absolute atomic E-state index is 12.8. The van der Waals surface area contributed by atoms with E-state index in [0.717, 1.165) is 18.6 Å². The number of nitrogen functional groups attached to an aromatic ring is 1. The fourth-order valence-corrected chi connectivity index (χ4v) is 1.39. The van der Waals surface area contributed by atoms with Crippen LogP contribution in [0, 0.1) is 5.82 Å². The van der Waals surface area contributed by atoms with E-state index in [-0.39, 0.29) is 17.2 Å². The van der Waals surface area contributed by atoms with Crippen molar-refractivity contribution in [3.63, 3.8) is 0 Å². The number of ether oxygens (including phenoxy) is 1. The van der Waals surface area contributed by atoms with Crippen molar-refractivity contribution in [1.82, 2.24) is 5.32 Å². The molecule has 19 heavy (non-hydrogen) atoms. The number of amides is 1. The fraction of sp³-hybridized carbons (Fsp3) is 0.385. The predicted molar refractivity (Wildman–Crippen MR) is 69.0 cm³/mol. The molecule has 1 amide bonds. The smallest absolute Gasteiger partial charge is 0.341 e. The van der Waals surface area contributed by atoms with E-state index in [1.807, 2.05) is 6.92 Å². The molecule has 1 aromatic carbocycles. The summed E-state index contributed by atoms with van der Waals surface area (Å²) in [5.74, 6) is -1.67. The summed E-state index contributed by atoms with van der Waals surface area (Å²) in [6.45, 7) is 3.89. The number of nitrogens with one attached hydrogen (secondary N) is 1. The molecular weight excluding hydrogens is 251 g/mol. The quantitative estimate of drug-likeness (QED) is 0.626. The molecule has 1 aromatic rings. The van der Waals surface area contributed by atoms with Gasteiger partial charge in [0.25, 0.3) is 5.91 Å². The molecule has 0 bridgehead atoms. The molecular formula is C13H17FN2O3. The molecule has 1 rings (SSSR count). The summed E-state index contributed by atoms with van der Waals surface area (Å²) in [6.07, 6.45) is -0.138. The van der Waals surface area contributed by atoms with Crippen LogP contribution in [0.2, 0.25) is 0 Å². The van der Waals surface area contributed by atoms with E-state index in [0.29, 0.717) is 6.54 Å². The Balaban J connectivity index is 2.66. The lowest BCUT2D eigenvalue weighted by Crippen LogP contribution is -2.36. The molecule has 0 aliphatic heterocycles. The van der Waals surface area contributed by atoms with Crippen LogP contribution in [-0.4, -0.2) is 24.5 Å². The van der Waals surface area contributed by atoms with Gasteiger partial charge in [-0.05, 0) is 31.5 Å². The first kappa shape index (κ1) is 14.9. The normalized spacial score (nSPS) is 11.7. The SMILES string of the molecule is CCCNC(=O)C(C)OC(=O)c1ccc(F)cc1N. The first-order chi connectivity index (χ1) is 8.95. The van der Waals surface area contributed by atoms with Gasteiger partial charge in [0, 0.05) is 12.2 Å². The van der Waals surface area contributed by atoms with Gasteiger partial charge in [-0.25, -0.2) is 9.18 Å². The number of carbonyl (C=O) groups excluding carboxylic acids is 2. The van der Waals surface area contributed by atoms with Crippen molar-refractivity contribution in [3.8, 4) is 0 Å². The van der Waals surface area contributed by atoms with Crippen molar-refractivity contribution in [2.45, 2.75) is 26.4 Å². The van der Waals surface area contributed by atoms with Crippen molar-refractivity contribution >= 4 is 17.6 Å². The molecule has 0 heterocycles. The Labute approximate surface area is 110 Å². The Bertz CT molecular complexity index is 477. The summed E-state index contributed by atoms with van der Waals surface area (Å²) in [4.78, 5) is 23.3. The van der Waals surface area contributed by atoms with Gasteiger partial charge in [-0.1, -0.05) is 6.92 Å². The van der Waals surface area contributed by atoms with Crippen LogP contribution in [0.1, 0.15) is 30.6 Å². The van der Waals surface area contributed by atoms with Gasteiger partial charge in [0.1, 0.15) is 5.82 Å². The molecule has 5 nitrogen and oxygen atoms in total. The Hall–Kier alpha value is -2.11. The minimum absolute atomic E-state index is 0.0221. The average molecular weight is 268 g/mol. The number of anilines is 1. The van der Waals surface area contributed by atoms with Crippen molar-refractivity contribution < 1.29 is 18.7 Å². The summed E-state index contributed by atoms with van der Waals surface area (Å²) in [7, 11) is 0. The minimum Gasteiger partial charge on any atom is -0.449 e. The maximum atomic E-state index is 12.8. The molecule has 6 heteroatoms. The standard InChI is InChI=1S/C13H17FN2O3/c1-3-6-16-12(17)8(2)19-13(18)10-5-4-9(14)7-11(10)15/h4-5,7-8H,3,6,15H2,1-2H3,(H,16,17). The van der Waals surface area contributed by atoms with Crippen molar-refractivity contribution in [2.24, 2.45) is 0 Å². The van der Waals surface area contributed by atoms with Gasteiger partial charge in [0.05, 0.1) is 5.56 Å². The Morgan fingerprint density at radius 2 is 2.16 bits per heavy atom. The van der Waals surface area contributed by atoms with Crippen LogP contribution in [0.15, 0.2) is 18.2 Å². The van der Waals surface area contributed by atoms with E-state index < -0.39 is 17.9 Å². The van der Waals surface area contributed by atoms with Crippen molar-refractivity contribution in [3.05, 3.63) is 29.6 Å². The van der Waals surface area contributed by atoms with E-state index in [4.69, 9.17) is 10.5 Å². The van der Waals surface area contributed by atoms with E-state index in [1.165, 1.54) is 13.0 Å². The number of carbonyl (C=O) groups is 2. The first-order valence-corrected chi connectivity index (χ1v) is 5.99. The van der Waals surface area contributed by atoms with Crippen LogP contribution >= 0.6 is 0 Å². The van der Waals surface area contributed by atoms with Gasteiger partial charge in [-0.3, -0.25) is 4.79 Å². The molecule has 0 aromatic heterocycles. The third kappa shape index (κ3) is 4.24. The molecule has 104 valence electrons. The lowest BCUT2D eigenvalue weighted by Gasteiger charge is -2.13. The number of rotatable bonds is 5. The van der Waals surface area contributed by atoms with Gasteiger partial charge in [-0.15, -0.1) is 0 Å². The molecule has 1 atom stereocenters. The highest BCUT2D eigenvalue weighted by atomic mass is 19.1. The first-order valence-electron chi connectivity index (χ1n) is 5.99. The second kappa shape index (κ2) is 6.72. The number of esters is 1. The zero-order chi connectivity index (χ0) is 14.4. The Morgan fingerprint density at radius 1 is 1.47 bits per heavy atom. The monoisotopic (exact) mass is 268 g/mol. The zero-order valence-corrected chi connectivity index (χ0v) is 10.9. The molecule has 0 fully saturated rings. The van der Waals surface area contributed by atoms with Gasteiger partial charge in [-0.2, -0.15) is 0 Å². The van der Waals surface area contributed by atoms with Crippen LogP contribution in [0.3, 0.4) is 0 Å². The van der Waals surface area contributed by atoms with Crippen molar-refractivity contribution in [2.75, 3.05) is 12.3 Å². The molecule has 0 saturated heterocycles. The Morgan fingerprint density at radius 3 is 2.74 bits per heavy atom. The van der Waals surface area contributed by atoms with E-state index in [1.54, 1.807) is 0 Å². The topological polar surface area (TPSA) is 81.4 Å². The van der Waals surface area contributed by atoms with E-state index in [9.17, 15) is 14.0 Å². The van der Waals surface area contributed by atoms with Crippen LogP contribution < -0.4 is 11.1 Å². The number of hydrogen-bond donors (Lipinski definition) is 2. The van der Waals surface area contributed by atoms with Crippen LogP contribution in [-0.2, 0) is 9.53 Å². The van der Waals surface area contributed by atoms with Crippen LogP contribution in [0.25, 0.3) is 0 Å². The van der Waals surface area contributed by atoms with Crippen LogP contribution in [0.5, 0.6) is 0 Å². The summed E-state index contributed by atoms with van der Waals surface area (Å²) < 4.78 is 17.8. The van der Waals surface area contributed by atoms with E-state index >= 15 is 0 Å². The third-order valence-corrected chi connectivity index (χ3v) is 2.44. The molecule has 0 spiro atoms. The largest absolute Gasteiger partial charge is 0.449 e. The second-order valence-corrected chi connectivity index (χ2v) is 4.07. The van der Waals surface area contributed by atoms with Gasteiger partial charge in [0.2, 0.25) is 0 Å². The lowest BCUT2D eigenvalue weighted by atomic mass is 10.2. The third-order valence-electron chi connectivity index (χ3n) is 2.44. The fourth-order valence-electron chi connectivity index (χ4n) is 1.39. The average Bonchev–Trinajstić information content (AvgIpc) is 2.35. The zero-order valence-electron chi connectivity index (χ0n) is 10.9. The lowest BCUT2D eigenvalue weighted by molar-refractivity contribution is -0.129. The minimum atomic E-state index is -0.927. The highest BCUT2D eigenvalue weighted by Crippen LogP contribution is 2.15. The Kier molecular flexibility index (Phi) is 5.29. The molecule has 0 radical (unpaired) electrons. The van der Waals surface area contributed by atoms with E-state index in [2.05, 4.69) is 5.32 Å². The molecule has 1 unspecified atom stereocenters. The summed E-state index contributed by atoms with van der Waals surface area (Å²) in [6, 6.07) is 3.36. The summed E-state index contributed by atoms with van der Waals surface area (Å²) in [5, 5.41) is 2.61. The number of halogens is 1. The van der Waals surface area contributed by atoms with Gasteiger partial charge >= 0.3 is 5.97 Å². The van der Waals surface area contributed by atoms with Crippen LogP contribution in [0.4, 0.5) is 10.1 Å². The number of benzene rings is 1. The number of hydrogen-bond acceptors (Lipinski definition) is 4. The molecule has 3 N–H and O–H groups in total. The second-order valence-electron chi connectivity index (χ2n) is 4.07. The predicted octanol–water partition coefficient (Wildman–Crippen LogP) is 1.48.